The van der Waals surface area contributed by atoms with Gasteiger partial charge in [0.1, 0.15) is 6.04 Å². The quantitative estimate of drug-likeness (QED) is 0.891. The smallest absolute Gasteiger partial charge is 0.242 e. The van der Waals surface area contributed by atoms with Crippen LogP contribution in [0.4, 0.5) is 5.69 Å². The van der Waals surface area contributed by atoms with Gasteiger partial charge in [-0.25, -0.2) is 0 Å². The second-order valence-electron chi connectivity index (χ2n) is 4.13. The number of carbonyl (C=O) groups excluding carboxylic acids is 1. The summed E-state index contributed by atoms with van der Waals surface area (Å²) in [5.74, 6) is 0.0678. The molecule has 86 valence electrons. The van der Waals surface area contributed by atoms with Crippen molar-refractivity contribution in [2.75, 3.05) is 5.32 Å². The molecule has 1 saturated carbocycles. The Kier molecular flexibility index (Phi) is 3.49. The van der Waals surface area contributed by atoms with Crippen LogP contribution in [0.15, 0.2) is 28.7 Å². The maximum absolute atomic E-state index is 11.7. The molecule has 1 amide bonds. The first-order valence-corrected chi connectivity index (χ1v) is 6.27. The summed E-state index contributed by atoms with van der Waals surface area (Å²) in [5.41, 5.74) is 0.945. The third-order valence-electron chi connectivity index (χ3n) is 2.56. The molecule has 1 atom stereocenters. The van der Waals surface area contributed by atoms with Gasteiger partial charge in [-0.3, -0.25) is 4.79 Å². The van der Waals surface area contributed by atoms with E-state index in [2.05, 4.69) is 26.6 Å². The highest BCUT2D eigenvalue weighted by Gasteiger charge is 2.25. The Morgan fingerprint density at radius 2 is 2.12 bits per heavy atom. The monoisotopic (exact) mass is 282 g/mol. The van der Waals surface area contributed by atoms with Crippen molar-refractivity contribution in [1.29, 1.82) is 0 Å². The van der Waals surface area contributed by atoms with E-state index in [4.69, 9.17) is 0 Å². The van der Waals surface area contributed by atoms with Crippen LogP contribution in [0.5, 0.6) is 0 Å². The molecular weight excluding hydrogens is 268 g/mol. The molecule has 0 bridgehead atoms. The van der Waals surface area contributed by atoms with E-state index >= 15 is 0 Å². The van der Waals surface area contributed by atoms with Crippen molar-refractivity contribution in [3.63, 3.8) is 0 Å². The summed E-state index contributed by atoms with van der Waals surface area (Å²) in [5, 5.41) is 6.16. The number of carbonyl (C=O) groups is 1. The Hall–Kier alpha value is -1.03. The summed E-state index contributed by atoms with van der Waals surface area (Å²) in [4.78, 5) is 11.7. The van der Waals surface area contributed by atoms with Gasteiger partial charge in [-0.2, -0.15) is 0 Å². The van der Waals surface area contributed by atoms with E-state index in [0.29, 0.717) is 6.04 Å². The van der Waals surface area contributed by atoms with Crippen molar-refractivity contribution < 1.29 is 4.79 Å². The number of para-hydroxylation sites is 1. The second kappa shape index (κ2) is 4.87. The topological polar surface area (TPSA) is 41.1 Å². The maximum Gasteiger partial charge on any atom is 0.242 e. The van der Waals surface area contributed by atoms with Crippen molar-refractivity contribution in [2.45, 2.75) is 31.8 Å². The first-order chi connectivity index (χ1) is 7.66. The van der Waals surface area contributed by atoms with Crippen LogP contribution in [0.3, 0.4) is 0 Å². The summed E-state index contributed by atoms with van der Waals surface area (Å²) < 4.78 is 0.973. The molecule has 1 aliphatic carbocycles. The average molecular weight is 283 g/mol. The Labute approximate surface area is 104 Å². The predicted octanol–water partition coefficient (Wildman–Crippen LogP) is 2.53. The molecule has 16 heavy (non-hydrogen) atoms. The van der Waals surface area contributed by atoms with Crippen molar-refractivity contribution in [3.05, 3.63) is 28.7 Å². The summed E-state index contributed by atoms with van der Waals surface area (Å²) in [6.45, 7) is 1.87. The van der Waals surface area contributed by atoms with Crippen LogP contribution in [0.25, 0.3) is 0 Å². The fourth-order valence-electron chi connectivity index (χ4n) is 1.43. The molecule has 0 heterocycles. The normalized spacial score (nSPS) is 16.6. The largest absolute Gasteiger partial charge is 0.373 e. The lowest BCUT2D eigenvalue weighted by Crippen LogP contribution is -2.38. The van der Waals surface area contributed by atoms with Gasteiger partial charge in [0.2, 0.25) is 5.91 Å². The lowest BCUT2D eigenvalue weighted by atomic mass is 10.2. The third-order valence-corrected chi connectivity index (χ3v) is 3.25. The fraction of sp³-hybridized carbons (Fsp3) is 0.417. The van der Waals surface area contributed by atoms with Crippen LogP contribution < -0.4 is 10.6 Å². The van der Waals surface area contributed by atoms with Crippen molar-refractivity contribution >= 4 is 27.5 Å². The van der Waals surface area contributed by atoms with Gasteiger partial charge in [0.05, 0.1) is 0 Å². The number of anilines is 1. The van der Waals surface area contributed by atoms with Gasteiger partial charge >= 0.3 is 0 Å². The van der Waals surface area contributed by atoms with Gasteiger partial charge in [0, 0.05) is 16.2 Å². The van der Waals surface area contributed by atoms with Gasteiger partial charge < -0.3 is 10.6 Å². The molecule has 2 N–H and O–H groups in total. The van der Waals surface area contributed by atoms with Crippen LogP contribution in [0.2, 0.25) is 0 Å². The highest BCUT2D eigenvalue weighted by Crippen LogP contribution is 2.22. The number of hydrogen-bond acceptors (Lipinski definition) is 2. The SMILES string of the molecule is CC(Nc1ccccc1Br)C(=O)NC1CC1. The first-order valence-electron chi connectivity index (χ1n) is 5.48. The van der Waals surface area contributed by atoms with E-state index < -0.39 is 0 Å². The van der Waals surface area contributed by atoms with Crippen LogP contribution in [0.1, 0.15) is 19.8 Å². The number of hydrogen-bond donors (Lipinski definition) is 2. The van der Waals surface area contributed by atoms with Gasteiger partial charge in [0.15, 0.2) is 0 Å². The number of amides is 1. The zero-order chi connectivity index (χ0) is 11.5. The van der Waals surface area contributed by atoms with Gasteiger partial charge in [-0.1, -0.05) is 12.1 Å². The molecule has 0 saturated heterocycles. The van der Waals surface area contributed by atoms with Gasteiger partial charge in [-0.05, 0) is 47.8 Å². The number of nitrogens with one attached hydrogen (secondary N) is 2. The minimum Gasteiger partial charge on any atom is -0.373 e. The van der Waals surface area contributed by atoms with Crippen molar-refractivity contribution in [1.82, 2.24) is 5.32 Å². The molecule has 1 fully saturated rings. The minimum atomic E-state index is -0.209. The highest BCUT2D eigenvalue weighted by molar-refractivity contribution is 9.10. The predicted molar refractivity (Wildman–Crippen MR) is 68.4 cm³/mol. The van der Waals surface area contributed by atoms with Crippen molar-refractivity contribution in [3.8, 4) is 0 Å². The molecule has 2 rings (SSSR count). The van der Waals surface area contributed by atoms with Crippen molar-refractivity contribution in [2.24, 2.45) is 0 Å². The van der Waals surface area contributed by atoms with Crippen LogP contribution in [-0.4, -0.2) is 18.0 Å². The molecule has 4 heteroatoms. The van der Waals surface area contributed by atoms with Crippen LogP contribution >= 0.6 is 15.9 Å². The molecule has 1 unspecified atom stereocenters. The van der Waals surface area contributed by atoms with E-state index in [1.165, 1.54) is 0 Å². The fourth-order valence-corrected chi connectivity index (χ4v) is 1.83. The summed E-state index contributed by atoms with van der Waals surface area (Å²) in [7, 11) is 0. The van der Waals surface area contributed by atoms with Gasteiger partial charge in [0.25, 0.3) is 0 Å². The first kappa shape index (κ1) is 11.5. The van der Waals surface area contributed by atoms with E-state index in [1.807, 2.05) is 31.2 Å². The Bertz CT molecular complexity index is 390. The highest BCUT2D eigenvalue weighted by atomic mass is 79.9. The molecule has 0 radical (unpaired) electrons. The van der Waals surface area contributed by atoms with E-state index in [9.17, 15) is 4.79 Å². The lowest BCUT2D eigenvalue weighted by Gasteiger charge is -2.15. The van der Waals surface area contributed by atoms with Crippen LogP contribution in [0, 0.1) is 0 Å². The molecule has 1 aromatic carbocycles. The molecule has 0 aromatic heterocycles. The molecular formula is C12H15BrN2O. The minimum absolute atomic E-state index is 0.0678. The van der Waals surface area contributed by atoms with Gasteiger partial charge in [-0.15, -0.1) is 0 Å². The molecule has 3 nitrogen and oxygen atoms in total. The zero-order valence-electron chi connectivity index (χ0n) is 9.16. The lowest BCUT2D eigenvalue weighted by molar-refractivity contribution is -0.121. The molecule has 0 aliphatic heterocycles. The second-order valence-corrected chi connectivity index (χ2v) is 4.98. The van der Waals surface area contributed by atoms with E-state index in [0.717, 1.165) is 23.0 Å². The number of rotatable bonds is 4. The van der Waals surface area contributed by atoms with E-state index in [1.54, 1.807) is 0 Å². The summed E-state index contributed by atoms with van der Waals surface area (Å²) in [6.07, 6.45) is 2.24. The summed E-state index contributed by atoms with van der Waals surface area (Å²) in [6, 6.07) is 8.00. The summed E-state index contributed by atoms with van der Waals surface area (Å²) >= 11 is 3.44. The van der Waals surface area contributed by atoms with Crippen LogP contribution in [-0.2, 0) is 4.79 Å². The Balaban J connectivity index is 1.92. The third kappa shape index (κ3) is 2.98. The average Bonchev–Trinajstić information content (AvgIpc) is 3.05. The molecule has 1 aliphatic rings. The maximum atomic E-state index is 11.7. The standard InChI is InChI=1S/C12H15BrN2O/c1-8(12(16)15-9-6-7-9)14-11-5-3-2-4-10(11)13/h2-5,8-9,14H,6-7H2,1H3,(H,15,16). The van der Waals surface area contributed by atoms with E-state index in [-0.39, 0.29) is 11.9 Å². The zero-order valence-corrected chi connectivity index (χ0v) is 10.8. The number of benzene rings is 1. The Morgan fingerprint density at radius 3 is 2.75 bits per heavy atom. The molecule has 0 spiro atoms. The Morgan fingerprint density at radius 1 is 1.44 bits per heavy atom. The number of halogens is 1. The molecule has 1 aromatic rings.